The Hall–Kier alpha value is -3.06. The van der Waals surface area contributed by atoms with E-state index >= 15 is 0 Å². The number of hydrogen-bond donors (Lipinski definition) is 1. The van der Waals surface area contributed by atoms with E-state index in [1.807, 2.05) is 42.6 Å². The first-order chi connectivity index (χ1) is 15.5. The van der Waals surface area contributed by atoms with Gasteiger partial charge in [0.1, 0.15) is 5.01 Å². The number of thiazole rings is 1. The Morgan fingerprint density at radius 1 is 1.22 bits per heavy atom. The lowest BCUT2D eigenvalue weighted by Crippen LogP contribution is -2.34. The van der Waals surface area contributed by atoms with Crippen LogP contribution in [0.5, 0.6) is 0 Å². The van der Waals surface area contributed by atoms with Gasteiger partial charge in [-0.25, -0.2) is 4.98 Å². The van der Waals surface area contributed by atoms with E-state index < -0.39 is 0 Å². The highest BCUT2D eigenvalue weighted by Gasteiger charge is 2.36. The summed E-state index contributed by atoms with van der Waals surface area (Å²) in [6.07, 6.45) is 4.70. The van der Waals surface area contributed by atoms with Gasteiger partial charge in [0.15, 0.2) is 0 Å². The number of amides is 2. The number of carbonyl (C=O) groups is 2. The number of anilines is 1. The number of aromatic nitrogens is 2. The Balaban J connectivity index is 1.43. The van der Waals surface area contributed by atoms with Crippen molar-refractivity contribution in [3.8, 4) is 11.3 Å². The largest absolute Gasteiger partial charge is 0.347 e. The quantitative estimate of drug-likeness (QED) is 0.555. The maximum Gasteiger partial charge on any atom is 0.227 e. The molecule has 0 saturated carbocycles. The van der Waals surface area contributed by atoms with E-state index in [1.165, 1.54) is 11.3 Å². The summed E-state index contributed by atoms with van der Waals surface area (Å²) < 4.78 is 0. The van der Waals surface area contributed by atoms with Crippen LogP contribution in [0.15, 0.2) is 54.2 Å². The molecule has 3 unspecified atom stereocenters. The van der Waals surface area contributed by atoms with Crippen LogP contribution in [0.3, 0.4) is 0 Å². The molecule has 0 spiro atoms. The first-order valence-corrected chi connectivity index (χ1v) is 11.9. The van der Waals surface area contributed by atoms with E-state index in [9.17, 15) is 9.59 Å². The number of para-hydroxylation sites is 1. The number of nitrogens with one attached hydrogen (secondary N) is 1. The van der Waals surface area contributed by atoms with Crippen LogP contribution in [0.1, 0.15) is 56.1 Å². The molecule has 1 aliphatic rings. The van der Waals surface area contributed by atoms with Gasteiger partial charge in [0.25, 0.3) is 0 Å². The van der Waals surface area contributed by atoms with Gasteiger partial charge in [-0.1, -0.05) is 32.0 Å². The van der Waals surface area contributed by atoms with E-state index in [2.05, 4.69) is 35.2 Å². The van der Waals surface area contributed by atoms with Crippen molar-refractivity contribution in [1.29, 1.82) is 0 Å². The van der Waals surface area contributed by atoms with Crippen molar-refractivity contribution in [2.45, 2.75) is 45.6 Å². The van der Waals surface area contributed by atoms with E-state index in [4.69, 9.17) is 0 Å². The van der Waals surface area contributed by atoms with Crippen LogP contribution < -0.4 is 10.2 Å². The molecule has 1 aromatic carbocycles. The van der Waals surface area contributed by atoms with Crippen molar-refractivity contribution in [3.05, 3.63) is 64.7 Å². The molecule has 3 atom stereocenters. The van der Waals surface area contributed by atoms with Gasteiger partial charge in [-0.2, -0.15) is 0 Å². The maximum absolute atomic E-state index is 13.0. The Morgan fingerprint density at radius 2 is 1.97 bits per heavy atom. The fourth-order valence-corrected chi connectivity index (χ4v) is 4.86. The van der Waals surface area contributed by atoms with Crippen LogP contribution in [0.2, 0.25) is 0 Å². The fourth-order valence-electron chi connectivity index (χ4n) is 4.02. The number of carbonyl (C=O) groups excluding carboxylic acids is 2. The molecule has 166 valence electrons. The molecule has 6 nitrogen and oxygen atoms in total. The number of nitrogens with zero attached hydrogens (tertiary/aromatic N) is 3. The summed E-state index contributed by atoms with van der Waals surface area (Å²) in [7, 11) is 0. The van der Waals surface area contributed by atoms with Gasteiger partial charge in [-0.05, 0) is 43.0 Å². The second-order valence-corrected chi connectivity index (χ2v) is 9.20. The summed E-state index contributed by atoms with van der Waals surface area (Å²) >= 11 is 1.52. The summed E-state index contributed by atoms with van der Waals surface area (Å²) in [5, 5.41) is 5.89. The zero-order chi connectivity index (χ0) is 22.7. The first-order valence-electron chi connectivity index (χ1n) is 11.0. The molecule has 1 saturated heterocycles. The van der Waals surface area contributed by atoms with Crippen LogP contribution >= 0.6 is 11.3 Å². The Labute approximate surface area is 192 Å². The minimum absolute atomic E-state index is 0.00257. The average molecular weight is 449 g/mol. The van der Waals surface area contributed by atoms with Gasteiger partial charge < -0.3 is 10.2 Å². The van der Waals surface area contributed by atoms with Crippen LogP contribution in [-0.4, -0.2) is 28.3 Å². The van der Waals surface area contributed by atoms with Crippen molar-refractivity contribution < 1.29 is 9.59 Å². The summed E-state index contributed by atoms with van der Waals surface area (Å²) in [4.78, 5) is 36.3. The normalized spacial score (nSPS) is 17.9. The molecule has 4 rings (SSSR count). The molecule has 2 aromatic heterocycles. The lowest BCUT2D eigenvalue weighted by Gasteiger charge is -2.23. The third kappa shape index (κ3) is 4.58. The molecular formula is C25H28N4O2S. The molecule has 7 heteroatoms. The van der Waals surface area contributed by atoms with Crippen molar-refractivity contribution in [2.24, 2.45) is 5.92 Å². The SMILES string of the molecule is CCC(C)c1ccccc1N1CC(C(=O)NC(C)c2nc(-c3ccncc3)cs2)CC1=O. The predicted molar refractivity (Wildman–Crippen MR) is 128 cm³/mol. The third-order valence-corrected chi connectivity index (χ3v) is 7.12. The second-order valence-electron chi connectivity index (χ2n) is 8.31. The molecule has 1 N–H and O–H groups in total. The number of rotatable bonds is 7. The molecule has 0 aliphatic carbocycles. The van der Waals surface area contributed by atoms with Crippen LogP contribution in [0.4, 0.5) is 5.69 Å². The van der Waals surface area contributed by atoms with Crippen LogP contribution in [0, 0.1) is 5.92 Å². The molecule has 0 bridgehead atoms. The molecular weight excluding hydrogens is 420 g/mol. The topological polar surface area (TPSA) is 75.2 Å². The maximum atomic E-state index is 13.0. The number of benzene rings is 1. The van der Waals surface area contributed by atoms with E-state index in [0.29, 0.717) is 12.5 Å². The molecule has 0 radical (unpaired) electrons. The van der Waals surface area contributed by atoms with Gasteiger partial charge in [0, 0.05) is 42.0 Å². The molecule has 2 amide bonds. The average Bonchev–Trinajstić information content (AvgIpc) is 3.46. The fraction of sp³-hybridized carbons (Fsp3) is 0.360. The van der Waals surface area contributed by atoms with Gasteiger partial charge >= 0.3 is 0 Å². The van der Waals surface area contributed by atoms with Crippen molar-refractivity contribution in [2.75, 3.05) is 11.4 Å². The zero-order valence-corrected chi connectivity index (χ0v) is 19.4. The Morgan fingerprint density at radius 3 is 2.72 bits per heavy atom. The van der Waals surface area contributed by atoms with Gasteiger partial charge in [0.05, 0.1) is 17.7 Å². The zero-order valence-electron chi connectivity index (χ0n) is 18.6. The minimum Gasteiger partial charge on any atom is -0.347 e. The van der Waals surface area contributed by atoms with Crippen LogP contribution in [-0.2, 0) is 9.59 Å². The Kier molecular flexibility index (Phi) is 6.65. The molecule has 3 aromatic rings. The summed E-state index contributed by atoms with van der Waals surface area (Å²) in [5.74, 6) is -0.112. The summed E-state index contributed by atoms with van der Waals surface area (Å²) in [6.45, 7) is 6.65. The molecule has 3 heterocycles. The van der Waals surface area contributed by atoms with E-state index in [0.717, 1.165) is 33.9 Å². The standard InChI is InChI=1S/C25H28N4O2S/c1-4-16(2)20-7-5-6-8-22(20)29-14-19(13-23(29)30)24(31)27-17(3)25-28-21(15-32-25)18-9-11-26-12-10-18/h5-12,15-17,19H,4,13-14H2,1-3H3,(H,27,31). The highest BCUT2D eigenvalue weighted by atomic mass is 32.1. The molecule has 1 aliphatic heterocycles. The molecule has 32 heavy (non-hydrogen) atoms. The number of pyridine rings is 1. The monoisotopic (exact) mass is 448 g/mol. The van der Waals surface area contributed by atoms with Gasteiger partial charge in [0.2, 0.25) is 11.8 Å². The van der Waals surface area contributed by atoms with Crippen molar-refractivity contribution >= 4 is 28.8 Å². The second kappa shape index (κ2) is 9.61. The van der Waals surface area contributed by atoms with Gasteiger partial charge in [-0.15, -0.1) is 11.3 Å². The summed E-state index contributed by atoms with van der Waals surface area (Å²) in [6, 6.07) is 11.6. The Bertz CT molecular complexity index is 1100. The van der Waals surface area contributed by atoms with Crippen LogP contribution in [0.25, 0.3) is 11.3 Å². The number of hydrogen-bond acceptors (Lipinski definition) is 5. The van der Waals surface area contributed by atoms with Crippen molar-refractivity contribution in [3.63, 3.8) is 0 Å². The highest BCUT2D eigenvalue weighted by molar-refractivity contribution is 7.10. The van der Waals surface area contributed by atoms with E-state index in [1.54, 1.807) is 17.3 Å². The molecule has 1 fully saturated rings. The third-order valence-electron chi connectivity index (χ3n) is 6.09. The smallest absolute Gasteiger partial charge is 0.227 e. The lowest BCUT2D eigenvalue weighted by atomic mass is 9.96. The van der Waals surface area contributed by atoms with Gasteiger partial charge in [-0.3, -0.25) is 14.6 Å². The predicted octanol–water partition coefficient (Wildman–Crippen LogP) is 4.95. The lowest BCUT2D eigenvalue weighted by molar-refractivity contribution is -0.126. The summed E-state index contributed by atoms with van der Waals surface area (Å²) in [5.41, 5.74) is 3.96. The van der Waals surface area contributed by atoms with E-state index in [-0.39, 0.29) is 30.2 Å². The minimum atomic E-state index is -0.366. The first kappa shape index (κ1) is 22.1. The highest BCUT2D eigenvalue weighted by Crippen LogP contribution is 2.34. The van der Waals surface area contributed by atoms with Crippen molar-refractivity contribution in [1.82, 2.24) is 15.3 Å².